The Labute approximate surface area is 237 Å². The number of rotatable bonds is 6. The molecule has 0 spiro atoms. The molecule has 0 N–H and O–H groups in total. The number of carbonyl (C=O) groups excluding carboxylic acids is 1. The highest BCUT2D eigenvalue weighted by molar-refractivity contribution is 5.94. The first-order valence-electron chi connectivity index (χ1n) is 14.5. The highest BCUT2D eigenvalue weighted by Crippen LogP contribution is 2.41. The van der Waals surface area contributed by atoms with E-state index in [0.29, 0.717) is 42.9 Å². The number of ether oxygens (including phenoxy) is 1. The van der Waals surface area contributed by atoms with Crippen LogP contribution < -0.4 is 9.64 Å². The molecule has 0 aromatic carbocycles. The third-order valence-corrected chi connectivity index (χ3v) is 9.30. The molecule has 4 aliphatic rings. The van der Waals surface area contributed by atoms with Crippen LogP contribution in [0.5, 0.6) is 6.01 Å². The van der Waals surface area contributed by atoms with Crippen LogP contribution in [0.4, 0.5) is 14.6 Å². The zero-order valence-corrected chi connectivity index (χ0v) is 23.2. The minimum atomic E-state index is -0.958. The largest absolute Gasteiger partial charge is 0.462 e. The fourth-order valence-electron chi connectivity index (χ4n) is 6.99. The Bertz CT molecular complexity index is 1550. The van der Waals surface area contributed by atoms with Crippen molar-refractivity contribution in [3.8, 4) is 17.3 Å². The normalized spacial score (nSPS) is 23.8. The van der Waals surface area contributed by atoms with Crippen LogP contribution in [0.15, 0.2) is 31.0 Å². The number of hydrogen-bond donors (Lipinski definition) is 0. The number of anilines is 1. The first-order valence-corrected chi connectivity index (χ1v) is 14.5. The number of aryl methyl sites for hydroxylation is 1. The van der Waals surface area contributed by atoms with Crippen molar-refractivity contribution in [3.05, 3.63) is 47.9 Å². The average molecular weight is 562 g/mol. The molecule has 3 aromatic heterocycles. The maximum absolute atomic E-state index is 16.4. The molecule has 3 fully saturated rings. The van der Waals surface area contributed by atoms with Crippen LogP contribution in [-0.4, -0.2) is 87.1 Å². The molecule has 6 heterocycles. The van der Waals surface area contributed by atoms with E-state index in [0.717, 1.165) is 56.2 Å². The van der Waals surface area contributed by atoms with Crippen LogP contribution in [0.2, 0.25) is 0 Å². The predicted molar refractivity (Wildman–Crippen MR) is 150 cm³/mol. The summed E-state index contributed by atoms with van der Waals surface area (Å²) >= 11 is 0. The molecule has 3 aliphatic heterocycles. The number of pyridine rings is 2. The van der Waals surface area contributed by atoms with Gasteiger partial charge >= 0.3 is 6.01 Å². The summed E-state index contributed by atoms with van der Waals surface area (Å²) in [5.41, 5.74) is 3.33. The van der Waals surface area contributed by atoms with E-state index in [1.54, 1.807) is 12.4 Å². The van der Waals surface area contributed by atoms with Crippen molar-refractivity contribution in [1.82, 2.24) is 29.7 Å². The van der Waals surface area contributed by atoms with Crippen molar-refractivity contribution < 1.29 is 18.3 Å². The Morgan fingerprint density at radius 1 is 1.10 bits per heavy atom. The molecule has 0 saturated carbocycles. The van der Waals surface area contributed by atoms with Crippen molar-refractivity contribution in [2.75, 3.05) is 38.2 Å². The topological polar surface area (TPSA) is 87.6 Å². The Kier molecular flexibility index (Phi) is 6.56. The minimum absolute atomic E-state index is 0.0710. The van der Waals surface area contributed by atoms with Gasteiger partial charge in [-0.3, -0.25) is 14.8 Å². The van der Waals surface area contributed by atoms with E-state index in [9.17, 15) is 9.18 Å². The van der Waals surface area contributed by atoms with Crippen LogP contribution in [-0.2, 0) is 17.6 Å². The summed E-state index contributed by atoms with van der Waals surface area (Å²) in [7, 11) is 2.07. The molecule has 0 unspecified atom stereocenters. The summed E-state index contributed by atoms with van der Waals surface area (Å²) in [6.45, 7) is 5.46. The van der Waals surface area contributed by atoms with Crippen molar-refractivity contribution in [1.29, 1.82) is 0 Å². The summed E-state index contributed by atoms with van der Waals surface area (Å²) < 4.78 is 36.2. The Balaban J connectivity index is 1.28. The maximum Gasteiger partial charge on any atom is 0.319 e. The predicted octanol–water partition coefficient (Wildman–Crippen LogP) is 3.85. The lowest BCUT2D eigenvalue weighted by atomic mass is 9.89. The summed E-state index contributed by atoms with van der Waals surface area (Å²) in [5.74, 6) is -1.64. The second-order valence-electron chi connectivity index (χ2n) is 11.6. The molecule has 1 aliphatic carbocycles. The molecular weight excluding hydrogens is 528 g/mol. The van der Waals surface area contributed by atoms with Gasteiger partial charge in [-0.2, -0.15) is 9.97 Å². The second kappa shape index (κ2) is 10.3. The highest BCUT2D eigenvalue weighted by atomic mass is 19.1. The molecule has 7 rings (SSSR count). The molecule has 214 valence electrons. The van der Waals surface area contributed by atoms with Crippen molar-refractivity contribution in [3.63, 3.8) is 0 Å². The Morgan fingerprint density at radius 2 is 1.95 bits per heavy atom. The summed E-state index contributed by atoms with van der Waals surface area (Å²) in [5, 5.41) is 0.479. The minimum Gasteiger partial charge on any atom is -0.462 e. The smallest absolute Gasteiger partial charge is 0.319 e. The summed E-state index contributed by atoms with van der Waals surface area (Å²) in [4.78, 5) is 36.4. The lowest BCUT2D eigenvalue weighted by molar-refractivity contribution is -0.130. The fraction of sp³-hybridized carbons (Fsp3) is 0.500. The SMILES string of the molecule is C=C(F)C(=O)N1CC[C@@H]2[C@H]1CN2c1nc(OC[C@@H]2CCCN2C)nc2c(F)c(-c3cncc4c3CCCC4)ncc12. The van der Waals surface area contributed by atoms with Gasteiger partial charge in [-0.1, -0.05) is 6.58 Å². The van der Waals surface area contributed by atoms with Crippen molar-refractivity contribution >= 4 is 22.6 Å². The fourth-order valence-corrected chi connectivity index (χ4v) is 6.99. The third kappa shape index (κ3) is 4.41. The monoisotopic (exact) mass is 561 g/mol. The van der Waals surface area contributed by atoms with Gasteiger partial charge in [0.15, 0.2) is 11.6 Å². The van der Waals surface area contributed by atoms with E-state index in [2.05, 4.69) is 33.5 Å². The van der Waals surface area contributed by atoms with Gasteiger partial charge < -0.3 is 19.4 Å². The number of nitrogens with zero attached hydrogens (tertiary/aromatic N) is 7. The van der Waals surface area contributed by atoms with E-state index < -0.39 is 17.6 Å². The number of halogens is 2. The summed E-state index contributed by atoms with van der Waals surface area (Å²) in [6, 6.07) is 0.131. The van der Waals surface area contributed by atoms with E-state index in [4.69, 9.17) is 9.72 Å². The first-order chi connectivity index (χ1) is 19.9. The molecule has 1 amide bonds. The zero-order valence-electron chi connectivity index (χ0n) is 23.2. The van der Waals surface area contributed by atoms with E-state index >= 15 is 4.39 Å². The molecule has 3 saturated heterocycles. The molecule has 11 heteroatoms. The van der Waals surface area contributed by atoms with Crippen LogP contribution in [0.1, 0.15) is 43.2 Å². The van der Waals surface area contributed by atoms with Crippen molar-refractivity contribution in [2.24, 2.45) is 0 Å². The van der Waals surface area contributed by atoms with E-state index in [-0.39, 0.29) is 35.3 Å². The van der Waals surface area contributed by atoms with Gasteiger partial charge in [-0.05, 0) is 69.7 Å². The van der Waals surface area contributed by atoms with Crippen LogP contribution in [0.25, 0.3) is 22.2 Å². The number of amides is 1. The second-order valence-corrected chi connectivity index (χ2v) is 11.6. The van der Waals surface area contributed by atoms with Crippen LogP contribution >= 0.6 is 0 Å². The highest BCUT2D eigenvalue weighted by Gasteiger charge is 2.50. The molecule has 41 heavy (non-hydrogen) atoms. The standard InChI is InChI=1S/C30H33F2N7O2/c1-17(31)29(40)38-11-9-23-24(38)15-39(23)28-22-14-34-26(21-13-33-12-18-6-3-4-8-20(18)21)25(32)27(22)35-30(36-28)41-16-19-7-5-10-37(19)2/h12-14,19,23-24H,1,3-11,15-16H2,2H3/t19-,23+,24+/m0/s1. The number of aromatic nitrogens is 4. The lowest BCUT2D eigenvalue weighted by Crippen LogP contribution is -2.63. The number of carbonyl (C=O) groups is 1. The van der Waals surface area contributed by atoms with Crippen molar-refractivity contribution in [2.45, 2.75) is 63.1 Å². The average Bonchev–Trinajstić information content (AvgIpc) is 3.53. The van der Waals surface area contributed by atoms with Crippen LogP contribution in [0.3, 0.4) is 0 Å². The summed E-state index contributed by atoms with van der Waals surface area (Å²) in [6.07, 6.45) is 11.9. The molecule has 0 radical (unpaired) electrons. The molecule has 0 bridgehead atoms. The number of fused-ring (bicyclic) bond motifs is 3. The van der Waals surface area contributed by atoms with Gasteiger partial charge in [0.1, 0.15) is 23.6 Å². The molecule has 3 aromatic rings. The van der Waals surface area contributed by atoms with E-state index in [1.165, 1.54) is 4.90 Å². The van der Waals surface area contributed by atoms with E-state index in [1.807, 2.05) is 11.1 Å². The van der Waals surface area contributed by atoms with Gasteiger partial charge in [0.05, 0.1) is 17.5 Å². The Hall–Kier alpha value is -3.73. The van der Waals surface area contributed by atoms with Gasteiger partial charge in [0.25, 0.3) is 5.91 Å². The number of hydrogen-bond acceptors (Lipinski definition) is 8. The zero-order chi connectivity index (χ0) is 28.2. The van der Waals surface area contributed by atoms with Gasteiger partial charge in [-0.15, -0.1) is 0 Å². The van der Waals surface area contributed by atoms with Crippen LogP contribution in [0, 0.1) is 5.82 Å². The molecular formula is C30H33F2N7O2. The molecule has 9 nitrogen and oxygen atoms in total. The van der Waals surface area contributed by atoms with Gasteiger partial charge in [0.2, 0.25) is 0 Å². The Morgan fingerprint density at radius 3 is 2.76 bits per heavy atom. The lowest BCUT2D eigenvalue weighted by Gasteiger charge is -2.47. The van der Waals surface area contributed by atoms with Gasteiger partial charge in [0, 0.05) is 43.3 Å². The number of likely N-dealkylation sites (tertiary alicyclic amines) is 2. The van der Waals surface area contributed by atoms with Gasteiger partial charge in [-0.25, -0.2) is 8.78 Å². The molecule has 3 atom stereocenters. The number of likely N-dealkylation sites (N-methyl/N-ethyl adjacent to an activating group) is 1. The third-order valence-electron chi connectivity index (χ3n) is 9.30. The maximum atomic E-state index is 16.4. The first kappa shape index (κ1) is 26.2. The quantitative estimate of drug-likeness (QED) is 0.420.